The molecular formula is C14H26ClN5O. The molecular weight excluding hydrogens is 290 g/mol. The van der Waals surface area contributed by atoms with E-state index in [9.17, 15) is 4.79 Å². The Hall–Kier alpha value is -1.14. The third kappa shape index (κ3) is 5.28. The second-order valence-electron chi connectivity index (χ2n) is 6.10. The molecule has 21 heavy (non-hydrogen) atoms. The van der Waals surface area contributed by atoms with Gasteiger partial charge in [-0.15, -0.1) is 17.5 Å². The van der Waals surface area contributed by atoms with E-state index in [1.807, 2.05) is 0 Å². The first kappa shape index (κ1) is 17.9. The molecule has 1 aromatic heterocycles. The summed E-state index contributed by atoms with van der Waals surface area (Å²) in [5.41, 5.74) is 0.416. The highest BCUT2D eigenvalue weighted by molar-refractivity contribution is 5.92. The molecule has 6 nitrogen and oxygen atoms in total. The van der Waals surface area contributed by atoms with Gasteiger partial charge < -0.3 is 10.6 Å². The van der Waals surface area contributed by atoms with Crippen molar-refractivity contribution in [3.05, 3.63) is 11.9 Å². The third-order valence-corrected chi connectivity index (χ3v) is 3.81. The number of rotatable bonds is 5. The SMILES string of the molecule is CC(C)CCn1cc(C(=O)NC2CCNCC2C)nn1.Cl. The second kappa shape index (κ2) is 8.34. The fourth-order valence-corrected chi connectivity index (χ4v) is 2.37. The molecule has 0 saturated carbocycles. The van der Waals surface area contributed by atoms with Crippen LogP contribution in [0.1, 0.15) is 44.1 Å². The highest BCUT2D eigenvalue weighted by Gasteiger charge is 2.24. The van der Waals surface area contributed by atoms with Crippen LogP contribution in [0, 0.1) is 11.8 Å². The van der Waals surface area contributed by atoms with Crippen LogP contribution in [0.15, 0.2) is 6.20 Å². The Balaban J connectivity index is 0.00000220. The Morgan fingerprint density at radius 2 is 2.33 bits per heavy atom. The Morgan fingerprint density at radius 3 is 3.00 bits per heavy atom. The van der Waals surface area contributed by atoms with E-state index in [0.29, 0.717) is 17.5 Å². The van der Waals surface area contributed by atoms with Crippen molar-refractivity contribution < 1.29 is 4.79 Å². The van der Waals surface area contributed by atoms with Crippen LogP contribution in [0.3, 0.4) is 0 Å². The van der Waals surface area contributed by atoms with Gasteiger partial charge in [0.15, 0.2) is 5.69 Å². The Morgan fingerprint density at radius 1 is 1.57 bits per heavy atom. The molecule has 0 aliphatic carbocycles. The second-order valence-corrected chi connectivity index (χ2v) is 6.10. The summed E-state index contributed by atoms with van der Waals surface area (Å²) in [7, 11) is 0. The Labute approximate surface area is 132 Å². The van der Waals surface area contributed by atoms with Crippen molar-refractivity contribution in [2.75, 3.05) is 13.1 Å². The minimum atomic E-state index is -0.112. The van der Waals surface area contributed by atoms with E-state index < -0.39 is 0 Å². The largest absolute Gasteiger partial charge is 0.347 e. The van der Waals surface area contributed by atoms with E-state index in [4.69, 9.17) is 0 Å². The number of amides is 1. The molecule has 0 aromatic carbocycles. The zero-order valence-electron chi connectivity index (χ0n) is 13.0. The number of nitrogens with one attached hydrogen (secondary N) is 2. The summed E-state index contributed by atoms with van der Waals surface area (Å²) in [6, 6.07) is 0.226. The maximum absolute atomic E-state index is 12.2. The molecule has 1 aliphatic heterocycles. The number of piperidine rings is 1. The van der Waals surface area contributed by atoms with E-state index in [0.717, 1.165) is 32.5 Å². The molecule has 1 fully saturated rings. The zero-order valence-corrected chi connectivity index (χ0v) is 13.8. The summed E-state index contributed by atoms with van der Waals surface area (Å²) >= 11 is 0. The van der Waals surface area contributed by atoms with Crippen LogP contribution in [-0.4, -0.2) is 40.0 Å². The first-order chi connectivity index (χ1) is 9.56. The number of hydrogen-bond acceptors (Lipinski definition) is 4. The van der Waals surface area contributed by atoms with Crippen LogP contribution < -0.4 is 10.6 Å². The minimum absolute atomic E-state index is 0. The van der Waals surface area contributed by atoms with Gasteiger partial charge in [-0.3, -0.25) is 9.48 Å². The quantitative estimate of drug-likeness (QED) is 0.863. The summed E-state index contributed by atoms with van der Waals surface area (Å²) in [4.78, 5) is 12.2. The van der Waals surface area contributed by atoms with Crippen LogP contribution in [-0.2, 0) is 6.54 Å². The van der Waals surface area contributed by atoms with Crippen LogP contribution in [0.5, 0.6) is 0 Å². The molecule has 0 spiro atoms. The lowest BCUT2D eigenvalue weighted by Crippen LogP contribution is -2.48. The van der Waals surface area contributed by atoms with Crippen molar-refractivity contribution >= 4 is 18.3 Å². The summed E-state index contributed by atoms with van der Waals surface area (Å²) in [6.07, 6.45) is 3.74. The smallest absolute Gasteiger partial charge is 0.273 e. The number of aromatic nitrogens is 3. The number of aryl methyl sites for hydroxylation is 1. The average Bonchev–Trinajstić information content (AvgIpc) is 2.88. The number of carbonyl (C=O) groups excluding carboxylic acids is 1. The standard InChI is InChI=1S/C14H25N5O.ClH/c1-10(2)5-7-19-9-13(17-18-19)14(20)16-12-4-6-15-8-11(12)3;/h9-12,15H,4-8H2,1-3H3,(H,16,20);1H. The summed E-state index contributed by atoms with van der Waals surface area (Å²) in [5, 5.41) is 14.4. The fourth-order valence-electron chi connectivity index (χ4n) is 2.37. The monoisotopic (exact) mass is 315 g/mol. The van der Waals surface area contributed by atoms with Gasteiger partial charge in [0.25, 0.3) is 5.91 Å². The Kier molecular flexibility index (Phi) is 7.11. The van der Waals surface area contributed by atoms with E-state index in [1.54, 1.807) is 10.9 Å². The van der Waals surface area contributed by atoms with Crippen LogP contribution in [0.4, 0.5) is 0 Å². The molecule has 1 saturated heterocycles. The topological polar surface area (TPSA) is 71.8 Å². The number of carbonyl (C=O) groups is 1. The predicted octanol–water partition coefficient (Wildman–Crippen LogP) is 1.47. The molecule has 2 N–H and O–H groups in total. The molecule has 2 rings (SSSR count). The minimum Gasteiger partial charge on any atom is -0.347 e. The molecule has 1 amide bonds. The van der Waals surface area contributed by atoms with Gasteiger partial charge in [-0.05, 0) is 37.8 Å². The average molecular weight is 316 g/mol. The molecule has 2 atom stereocenters. The normalized spacial score (nSPS) is 21.9. The van der Waals surface area contributed by atoms with E-state index >= 15 is 0 Å². The number of hydrogen-bond donors (Lipinski definition) is 2. The fraction of sp³-hybridized carbons (Fsp3) is 0.786. The van der Waals surface area contributed by atoms with Crippen molar-refractivity contribution in [2.24, 2.45) is 11.8 Å². The molecule has 2 unspecified atom stereocenters. The summed E-state index contributed by atoms with van der Waals surface area (Å²) in [5.74, 6) is 0.954. The van der Waals surface area contributed by atoms with Crippen LogP contribution in [0.2, 0.25) is 0 Å². The molecule has 2 heterocycles. The van der Waals surface area contributed by atoms with Crippen LogP contribution >= 0.6 is 12.4 Å². The Bertz CT molecular complexity index is 448. The van der Waals surface area contributed by atoms with Gasteiger partial charge in [0.05, 0.1) is 6.20 Å². The maximum Gasteiger partial charge on any atom is 0.273 e. The number of halogens is 1. The van der Waals surface area contributed by atoms with Gasteiger partial charge in [0, 0.05) is 12.6 Å². The van der Waals surface area contributed by atoms with Gasteiger partial charge in [-0.2, -0.15) is 0 Å². The van der Waals surface area contributed by atoms with Gasteiger partial charge in [0.2, 0.25) is 0 Å². The summed E-state index contributed by atoms with van der Waals surface area (Å²) < 4.78 is 1.75. The van der Waals surface area contributed by atoms with Crippen molar-refractivity contribution in [2.45, 2.75) is 46.2 Å². The van der Waals surface area contributed by atoms with Crippen molar-refractivity contribution in [1.29, 1.82) is 0 Å². The first-order valence-electron chi connectivity index (χ1n) is 7.48. The third-order valence-electron chi connectivity index (χ3n) is 3.81. The highest BCUT2D eigenvalue weighted by atomic mass is 35.5. The lowest BCUT2D eigenvalue weighted by atomic mass is 9.95. The molecule has 7 heteroatoms. The predicted molar refractivity (Wildman–Crippen MR) is 84.6 cm³/mol. The van der Waals surface area contributed by atoms with Crippen LogP contribution in [0.25, 0.3) is 0 Å². The van der Waals surface area contributed by atoms with Gasteiger partial charge in [-0.1, -0.05) is 26.0 Å². The highest BCUT2D eigenvalue weighted by Crippen LogP contribution is 2.11. The van der Waals surface area contributed by atoms with E-state index in [2.05, 4.69) is 41.7 Å². The zero-order chi connectivity index (χ0) is 14.5. The molecule has 1 aromatic rings. The molecule has 0 radical (unpaired) electrons. The van der Waals surface area contributed by atoms with Gasteiger partial charge in [0.1, 0.15) is 0 Å². The maximum atomic E-state index is 12.2. The first-order valence-corrected chi connectivity index (χ1v) is 7.48. The lowest BCUT2D eigenvalue weighted by molar-refractivity contribution is 0.0909. The molecule has 120 valence electrons. The van der Waals surface area contributed by atoms with Crippen molar-refractivity contribution in [1.82, 2.24) is 25.6 Å². The molecule has 0 bridgehead atoms. The van der Waals surface area contributed by atoms with Crippen molar-refractivity contribution in [3.8, 4) is 0 Å². The summed E-state index contributed by atoms with van der Waals surface area (Å²) in [6.45, 7) is 9.20. The lowest BCUT2D eigenvalue weighted by Gasteiger charge is -2.29. The van der Waals surface area contributed by atoms with Gasteiger partial charge in [-0.25, -0.2) is 0 Å². The van der Waals surface area contributed by atoms with E-state index in [1.165, 1.54) is 0 Å². The number of nitrogens with zero attached hydrogens (tertiary/aromatic N) is 3. The van der Waals surface area contributed by atoms with Gasteiger partial charge >= 0.3 is 0 Å². The molecule has 1 aliphatic rings. The van der Waals surface area contributed by atoms with E-state index in [-0.39, 0.29) is 24.4 Å². The van der Waals surface area contributed by atoms with Crippen molar-refractivity contribution in [3.63, 3.8) is 0 Å².